The summed E-state index contributed by atoms with van der Waals surface area (Å²) in [6.45, 7) is 0.536. The molecule has 80 valence electrons. The van der Waals surface area contributed by atoms with Crippen molar-refractivity contribution in [2.24, 2.45) is 0 Å². The summed E-state index contributed by atoms with van der Waals surface area (Å²) in [7, 11) is 0. The van der Waals surface area contributed by atoms with Crippen LogP contribution in [0, 0.1) is 0 Å². The zero-order chi connectivity index (χ0) is 10.4. The lowest BCUT2D eigenvalue weighted by atomic mass is 10.0. The van der Waals surface area contributed by atoms with E-state index in [9.17, 15) is 18.0 Å². The maximum atomic E-state index is 12.8. The van der Waals surface area contributed by atoms with E-state index in [0.717, 1.165) is 4.90 Å². The molecule has 1 atom stereocenters. The molecule has 6 heteroatoms. The van der Waals surface area contributed by atoms with Gasteiger partial charge in [-0.3, -0.25) is 10.1 Å². The van der Waals surface area contributed by atoms with Crippen molar-refractivity contribution in [1.82, 2.24) is 10.2 Å². The van der Waals surface area contributed by atoms with Crippen LogP contribution in [0.15, 0.2) is 0 Å². The first-order valence-electron chi connectivity index (χ1n) is 4.60. The summed E-state index contributed by atoms with van der Waals surface area (Å²) in [5.74, 6) is -0.394. The maximum Gasteiger partial charge on any atom is 0.425 e. The van der Waals surface area contributed by atoms with Crippen LogP contribution in [0.3, 0.4) is 0 Å². The summed E-state index contributed by atoms with van der Waals surface area (Å²) in [5, 5.41) is 2.44. The summed E-state index contributed by atoms with van der Waals surface area (Å²) in [4.78, 5) is 12.2. The monoisotopic (exact) mass is 208 g/mol. The average Bonchev–Trinajstić information content (AvgIpc) is 2.45. The first-order valence-corrected chi connectivity index (χ1v) is 4.60. The van der Waals surface area contributed by atoms with Crippen molar-refractivity contribution in [1.29, 1.82) is 0 Å². The van der Waals surface area contributed by atoms with Gasteiger partial charge in [-0.15, -0.1) is 0 Å². The van der Waals surface area contributed by atoms with Gasteiger partial charge >= 0.3 is 6.18 Å². The lowest BCUT2D eigenvalue weighted by Gasteiger charge is -2.43. The zero-order valence-corrected chi connectivity index (χ0v) is 7.52. The number of alkyl halides is 3. The van der Waals surface area contributed by atoms with E-state index in [-0.39, 0.29) is 19.4 Å². The molecule has 0 spiro atoms. The van der Waals surface area contributed by atoms with Crippen LogP contribution in [0.2, 0.25) is 0 Å². The van der Waals surface area contributed by atoms with E-state index in [1.54, 1.807) is 0 Å². The predicted octanol–water partition coefficient (Wildman–Crippen LogP) is 0.861. The SMILES string of the molecule is O=C1CCC2(C(F)(F)F)NCCCN12. The number of rotatable bonds is 0. The molecule has 0 aliphatic carbocycles. The van der Waals surface area contributed by atoms with Gasteiger partial charge in [0.05, 0.1) is 0 Å². The third-order valence-electron chi connectivity index (χ3n) is 2.91. The van der Waals surface area contributed by atoms with E-state index in [1.807, 2.05) is 0 Å². The van der Waals surface area contributed by atoms with Crippen molar-refractivity contribution >= 4 is 5.91 Å². The fraction of sp³-hybridized carbons (Fsp3) is 0.875. The lowest BCUT2D eigenvalue weighted by molar-refractivity contribution is -0.239. The van der Waals surface area contributed by atoms with Crippen molar-refractivity contribution in [3.63, 3.8) is 0 Å². The van der Waals surface area contributed by atoms with E-state index in [4.69, 9.17) is 0 Å². The molecule has 1 unspecified atom stereocenters. The van der Waals surface area contributed by atoms with Gasteiger partial charge in [0.2, 0.25) is 5.91 Å². The Hall–Kier alpha value is -0.780. The van der Waals surface area contributed by atoms with Crippen LogP contribution < -0.4 is 5.32 Å². The maximum absolute atomic E-state index is 12.8. The van der Waals surface area contributed by atoms with E-state index in [0.29, 0.717) is 13.0 Å². The number of amides is 1. The summed E-state index contributed by atoms with van der Waals surface area (Å²) in [6.07, 6.45) is -3.95. The first kappa shape index (κ1) is 9.76. The van der Waals surface area contributed by atoms with Crippen molar-refractivity contribution in [3.05, 3.63) is 0 Å². The Labute approximate surface area is 79.3 Å². The first-order chi connectivity index (χ1) is 6.47. The van der Waals surface area contributed by atoms with Crippen molar-refractivity contribution in [2.45, 2.75) is 31.1 Å². The highest BCUT2D eigenvalue weighted by Crippen LogP contribution is 2.42. The molecule has 14 heavy (non-hydrogen) atoms. The predicted molar refractivity (Wildman–Crippen MR) is 42.4 cm³/mol. The van der Waals surface area contributed by atoms with Gasteiger partial charge in [0.1, 0.15) is 0 Å². The minimum Gasteiger partial charge on any atom is -0.316 e. The Morgan fingerprint density at radius 1 is 1.43 bits per heavy atom. The smallest absolute Gasteiger partial charge is 0.316 e. The summed E-state index contributed by atoms with van der Waals surface area (Å²) >= 11 is 0. The molecule has 2 aliphatic heterocycles. The normalized spacial score (nSPS) is 33.4. The summed E-state index contributed by atoms with van der Waals surface area (Å²) < 4.78 is 38.4. The molecule has 2 fully saturated rings. The van der Waals surface area contributed by atoms with Crippen LogP contribution >= 0.6 is 0 Å². The minimum absolute atomic E-state index is 0.00743. The number of hydrogen-bond donors (Lipinski definition) is 1. The largest absolute Gasteiger partial charge is 0.425 e. The molecule has 0 aromatic rings. The third-order valence-corrected chi connectivity index (χ3v) is 2.91. The molecule has 1 amide bonds. The second-order valence-electron chi connectivity index (χ2n) is 3.68. The summed E-state index contributed by atoms with van der Waals surface area (Å²) in [6, 6.07) is 0. The number of hydrogen-bond acceptors (Lipinski definition) is 2. The Kier molecular flexibility index (Phi) is 1.99. The quantitative estimate of drug-likeness (QED) is 0.640. The Bertz CT molecular complexity index is 266. The molecule has 0 aromatic heterocycles. The molecule has 2 heterocycles. The van der Waals surface area contributed by atoms with Gasteiger partial charge < -0.3 is 4.90 Å². The Morgan fingerprint density at radius 3 is 2.71 bits per heavy atom. The second-order valence-corrected chi connectivity index (χ2v) is 3.68. The molecule has 0 bridgehead atoms. The van der Waals surface area contributed by atoms with E-state index in [2.05, 4.69) is 5.32 Å². The van der Waals surface area contributed by atoms with Gasteiger partial charge in [-0.2, -0.15) is 13.2 Å². The van der Waals surface area contributed by atoms with Gasteiger partial charge in [0, 0.05) is 19.4 Å². The lowest BCUT2D eigenvalue weighted by Crippen LogP contribution is -2.68. The number of halogens is 3. The van der Waals surface area contributed by atoms with Crippen LogP contribution in [0.5, 0.6) is 0 Å². The number of nitrogens with zero attached hydrogens (tertiary/aromatic N) is 1. The van der Waals surface area contributed by atoms with Gasteiger partial charge in [-0.1, -0.05) is 0 Å². The zero-order valence-electron chi connectivity index (χ0n) is 7.52. The molecular weight excluding hydrogens is 197 g/mol. The molecule has 0 saturated carbocycles. The Balaban J connectivity index is 2.34. The number of fused-ring (bicyclic) bond motifs is 1. The van der Waals surface area contributed by atoms with Crippen LogP contribution in [0.1, 0.15) is 19.3 Å². The van der Waals surface area contributed by atoms with Gasteiger partial charge in [-0.25, -0.2) is 0 Å². The van der Waals surface area contributed by atoms with Crippen LogP contribution in [0.4, 0.5) is 13.2 Å². The molecule has 0 aromatic carbocycles. The van der Waals surface area contributed by atoms with Crippen molar-refractivity contribution in [2.75, 3.05) is 13.1 Å². The van der Waals surface area contributed by atoms with Crippen LogP contribution in [-0.2, 0) is 4.79 Å². The number of carbonyl (C=O) groups excluding carboxylic acids is 1. The fourth-order valence-corrected chi connectivity index (χ4v) is 2.20. The molecular formula is C8H11F3N2O. The van der Waals surface area contributed by atoms with Gasteiger partial charge in [0.15, 0.2) is 5.66 Å². The van der Waals surface area contributed by atoms with Crippen molar-refractivity contribution in [3.8, 4) is 0 Å². The highest BCUT2D eigenvalue weighted by atomic mass is 19.4. The third kappa shape index (κ3) is 1.13. The molecule has 2 aliphatic rings. The topological polar surface area (TPSA) is 32.3 Å². The molecule has 2 saturated heterocycles. The van der Waals surface area contributed by atoms with Crippen molar-refractivity contribution < 1.29 is 18.0 Å². The molecule has 3 nitrogen and oxygen atoms in total. The van der Waals surface area contributed by atoms with Crippen LogP contribution in [-0.4, -0.2) is 35.7 Å². The Morgan fingerprint density at radius 2 is 2.14 bits per heavy atom. The highest BCUT2D eigenvalue weighted by molar-refractivity contribution is 5.80. The fourth-order valence-electron chi connectivity index (χ4n) is 2.20. The molecule has 0 radical (unpaired) electrons. The van der Waals surface area contributed by atoms with E-state index >= 15 is 0 Å². The molecule has 1 N–H and O–H groups in total. The minimum atomic E-state index is -4.38. The van der Waals surface area contributed by atoms with E-state index in [1.165, 1.54) is 0 Å². The van der Waals surface area contributed by atoms with E-state index < -0.39 is 17.7 Å². The van der Waals surface area contributed by atoms with Gasteiger partial charge in [0.25, 0.3) is 0 Å². The van der Waals surface area contributed by atoms with Crippen LogP contribution in [0.25, 0.3) is 0 Å². The number of carbonyl (C=O) groups is 1. The molecule has 2 rings (SSSR count). The average molecular weight is 208 g/mol. The number of nitrogens with one attached hydrogen (secondary N) is 1. The highest BCUT2D eigenvalue weighted by Gasteiger charge is 2.63. The second kappa shape index (κ2) is 2.85. The van der Waals surface area contributed by atoms with Gasteiger partial charge in [-0.05, 0) is 13.0 Å². The summed E-state index contributed by atoms with van der Waals surface area (Å²) in [5.41, 5.74) is -2.07. The standard InChI is InChI=1S/C8H11F3N2O/c9-8(10,11)7-3-2-6(14)13(7)5-1-4-12-7/h12H,1-5H2.